The molecule has 1 saturated heterocycles. The molecule has 1 aliphatic heterocycles. The Kier molecular flexibility index (Phi) is 4.14. The molecule has 0 atom stereocenters. The minimum absolute atomic E-state index is 0.0242. The molecule has 0 unspecified atom stereocenters. The molecule has 0 bridgehead atoms. The Morgan fingerprint density at radius 3 is 2.61 bits per heavy atom. The fourth-order valence-corrected chi connectivity index (χ4v) is 2.20. The van der Waals surface area contributed by atoms with Crippen LogP contribution in [0.5, 0.6) is 0 Å². The molecule has 0 saturated carbocycles. The summed E-state index contributed by atoms with van der Waals surface area (Å²) in [5, 5.41) is 5.71. The maximum absolute atomic E-state index is 13.2. The first-order chi connectivity index (χ1) is 8.58. The smallest absolute Gasteiger partial charge is 0.317 e. The quantitative estimate of drug-likeness (QED) is 0.838. The fraction of sp³-hybridized carbons (Fsp3) is 0.364. The van der Waals surface area contributed by atoms with Gasteiger partial charge in [0.2, 0.25) is 0 Å². The zero-order valence-corrected chi connectivity index (χ0v) is 11.0. The Labute approximate surface area is 114 Å². The van der Waals surface area contributed by atoms with Crippen LogP contribution in [0.4, 0.5) is 14.9 Å². The lowest BCUT2D eigenvalue weighted by Crippen LogP contribution is -2.32. The molecule has 98 valence electrons. The standard InChI is InChI=1S/C11H12Cl2FN3O/c12-8-5-7(6-9(13)10(8)14)15-1-3-17-4-2-16-11(17)18/h5-6,15H,1-4H2,(H,16,18). The average molecular weight is 292 g/mol. The number of anilines is 1. The molecule has 7 heteroatoms. The normalized spacial score (nSPS) is 14.8. The summed E-state index contributed by atoms with van der Waals surface area (Å²) in [5.41, 5.74) is 0.631. The van der Waals surface area contributed by atoms with Crippen molar-refractivity contribution < 1.29 is 9.18 Å². The van der Waals surface area contributed by atoms with Crippen LogP contribution in [0.25, 0.3) is 0 Å². The largest absolute Gasteiger partial charge is 0.383 e. The van der Waals surface area contributed by atoms with Crippen LogP contribution in [0, 0.1) is 5.82 Å². The first-order valence-electron chi connectivity index (χ1n) is 5.49. The molecule has 2 rings (SSSR count). The highest BCUT2D eigenvalue weighted by Gasteiger charge is 2.18. The molecular weight excluding hydrogens is 280 g/mol. The summed E-state index contributed by atoms with van der Waals surface area (Å²) in [6, 6.07) is 2.87. The van der Waals surface area contributed by atoms with Gasteiger partial charge in [-0.1, -0.05) is 23.2 Å². The number of hydrogen-bond acceptors (Lipinski definition) is 2. The second-order valence-corrected chi connectivity index (χ2v) is 4.71. The number of benzene rings is 1. The summed E-state index contributed by atoms with van der Waals surface area (Å²) in [7, 11) is 0. The lowest BCUT2D eigenvalue weighted by molar-refractivity contribution is 0.219. The molecule has 1 aromatic rings. The first kappa shape index (κ1) is 13.2. The molecule has 4 nitrogen and oxygen atoms in total. The van der Waals surface area contributed by atoms with Crippen molar-refractivity contribution in [1.82, 2.24) is 10.2 Å². The van der Waals surface area contributed by atoms with E-state index in [1.807, 2.05) is 0 Å². The maximum atomic E-state index is 13.2. The summed E-state index contributed by atoms with van der Waals surface area (Å²) in [5.74, 6) is -0.622. The second-order valence-electron chi connectivity index (χ2n) is 3.90. The Morgan fingerprint density at radius 1 is 1.39 bits per heavy atom. The highest BCUT2D eigenvalue weighted by atomic mass is 35.5. The van der Waals surface area contributed by atoms with E-state index in [-0.39, 0.29) is 16.1 Å². The number of urea groups is 1. The van der Waals surface area contributed by atoms with E-state index in [0.29, 0.717) is 31.9 Å². The van der Waals surface area contributed by atoms with Crippen LogP contribution >= 0.6 is 23.2 Å². The lowest BCUT2D eigenvalue weighted by Gasteiger charge is -2.15. The van der Waals surface area contributed by atoms with Gasteiger partial charge < -0.3 is 15.5 Å². The molecule has 18 heavy (non-hydrogen) atoms. The van der Waals surface area contributed by atoms with E-state index in [1.54, 1.807) is 4.90 Å². The van der Waals surface area contributed by atoms with Crippen molar-refractivity contribution in [1.29, 1.82) is 0 Å². The molecule has 0 aliphatic carbocycles. The van der Waals surface area contributed by atoms with Crippen LogP contribution in [0.1, 0.15) is 0 Å². The van der Waals surface area contributed by atoms with Crippen molar-refractivity contribution in [3.8, 4) is 0 Å². The van der Waals surface area contributed by atoms with Gasteiger partial charge in [-0.2, -0.15) is 0 Å². The van der Waals surface area contributed by atoms with Gasteiger partial charge in [0.25, 0.3) is 0 Å². The van der Waals surface area contributed by atoms with Crippen LogP contribution in [0.15, 0.2) is 12.1 Å². The fourth-order valence-electron chi connectivity index (χ4n) is 1.72. The van der Waals surface area contributed by atoms with E-state index in [2.05, 4.69) is 10.6 Å². The van der Waals surface area contributed by atoms with Gasteiger partial charge in [-0.25, -0.2) is 9.18 Å². The Balaban J connectivity index is 1.88. The van der Waals surface area contributed by atoms with Gasteiger partial charge in [-0.3, -0.25) is 0 Å². The molecular formula is C11H12Cl2FN3O. The topological polar surface area (TPSA) is 44.4 Å². The number of nitrogens with one attached hydrogen (secondary N) is 2. The third-order valence-corrected chi connectivity index (χ3v) is 3.19. The van der Waals surface area contributed by atoms with E-state index < -0.39 is 5.82 Å². The van der Waals surface area contributed by atoms with Crippen LogP contribution in [0.3, 0.4) is 0 Å². The van der Waals surface area contributed by atoms with Crippen molar-refractivity contribution in [3.63, 3.8) is 0 Å². The van der Waals surface area contributed by atoms with Gasteiger partial charge in [0.1, 0.15) is 0 Å². The summed E-state index contributed by atoms with van der Waals surface area (Å²) >= 11 is 11.3. The third kappa shape index (κ3) is 2.97. The number of amides is 2. The monoisotopic (exact) mass is 291 g/mol. The van der Waals surface area contributed by atoms with Crippen molar-refractivity contribution in [2.75, 3.05) is 31.5 Å². The van der Waals surface area contributed by atoms with Crippen molar-refractivity contribution in [3.05, 3.63) is 28.0 Å². The molecule has 1 aliphatic rings. The molecule has 0 spiro atoms. The van der Waals surface area contributed by atoms with Gasteiger partial charge in [0.15, 0.2) is 5.82 Å². The molecule has 2 N–H and O–H groups in total. The third-order valence-electron chi connectivity index (χ3n) is 2.64. The predicted octanol–water partition coefficient (Wildman–Crippen LogP) is 2.57. The van der Waals surface area contributed by atoms with Crippen molar-refractivity contribution in [2.45, 2.75) is 0 Å². The highest BCUT2D eigenvalue weighted by molar-refractivity contribution is 6.35. The Hall–Kier alpha value is -1.20. The average Bonchev–Trinajstić information content (AvgIpc) is 2.72. The minimum Gasteiger partial charge on any atom is -0.383 e. The van der Waals surface area contributed by atoms with Crippen molar-refractivity contribution >= 4 is 34.9 Å². The number of rotatable bonds is 4. The number of hydrogen-bond donors (Lipinski definition) is 2. The summed E-state index contributed by atoms with van der Waals surface area (Å²) < 4.78 is 13.2. The van der Waals surface area contributed by atoms with Crippen molar-refractivity contribution in [2.24, 2.45) is 0 Å². The van der Waals surface area contributed by atoms with Crippen LogP contribution < -0.4 is 10.6 Å². The summed E-state index contributed by atoms with van der Waals surface area (Å²) in [6.07, 6.45) is 0. The molecule has 2 amide bonds. The Bertz CT molecular complexity index is 447. The summed E-state index contributed by atoms with van der Waals surface area (Å²) in [4.78, 5) is 13.0. The van der Waals surface area contributed by atoms with E-state index in [4.69, 9.17) is 23.2 Å². The number of carbonyl (C=O) groups is 1. The van der Waals surface area contributed by atoms with Gasteiger partial charge in [-0.15, -0.1) is 0 Å². The van der Waals surface area contributed by atoms with Gasteiger partial charge in [0.05, 0.1) is 10.0 Å². The second kappa shape index (κ2) is 5.63. The first-order valence-corrected chi connectivity index (χ1v) is 6.24. The zero-order chi connectivity index (χ0) is 13.1. The summed E-state index contributed by atoms with van der Waals surface area (Å²) in [6.45, 7) is 2.49. The van der Waals surface area contributed by atoms with Gasteiger partial charge >= 0.3 is 6.03 Å². The number of halogens is 3. The van der Waals surface area contributed by atoms with Crippen LogP contribution in [-0.2, 0) is 0 Å². The van der Waals surface area contributed by atoms with Gasteiger partial charge in [0, 0.05) is 31.9 Å². The van der Waals surface area contributed by atoms with Crippen LogP contribution in [0.2, 0.25) is 10.0 Å². The Morgan fingerprint density at radius 2 is 2.06 bits per heavy atom. The molecule has 1 heterocycles. The van der Waals surface area contributed by atoms with Crippen LogP contribution in [-0.4, -0.2) is 37.1 Å². The molecule has 1 fully saturated rings. The minimum atomic E-state index is -0.622. The molecule has 0 radical (unpaired) electrons. The predicted molar refractivity (Wildman–Crippen MR) is 69.9 cm³/mol. The maximum Gasteiger partial charge on any atom is 0.317 e. The SMILES string of the molecule is O=C1NCCN1CCNc1cc(Cl)c(F)c(Cl)c1. The van der Waals surface area contributed by atoms with E-state index in [9.17, 15) is 9.18 Å². The number of nitrogens with zero attached hydrogens (tertiary/aromatic N) is 1. The molecule has 0 aromatic heterocycles. The lowest BCUT2D eigenvalue weighted by atomic mass is 10.3. The molecule has 1 aromatic carbocycles. The van der Waals surface area contributed by atoms with Gasteiger partial charge in [-0.05, 0) is 12.1 Å². The highest BCUT2D eigenvalue weighted by Crippen LogP contribution is 2.27. The van der Waals surface area contributed by atoms with E-state index >= 15 is 0 Å². The van der Waals surface area contributed by atoms with E-state index in [1.165, 1.54) is 12.1 Å². The zero-order valence-electron chi connectivity index (χ0n) is 9.47. The number of carbonyl (C=O) groups excluding carboxylic acids is 1. The van der Waals surface area contributed by atoms with E-state index in [0.717, 1.165) is 0 Å².